The lowest BCUT2D eigenvalue weighted by Gasteiger charge is -2.17. The van der Waals surface area contributed by atoms with Crippen molar-refractivity contribution in [3.63, 3.8) is 0 Å². The van der Waals surface area contributed by atoms with Crippen LogP contribution >= 0.6 is 15.9 Å². The molecule has 0 aliphatic carbocycles. The third-order valence-electron chi connectivity index (χ3n) is 2.65. The van der Waals surface area contributed by atoms with Crippen LogP contribution < -0.4 is 4.74 Å². The summed E-state index contributed by atoms with van der Waals surface area (Å²) in [6.45, 7) is 7.20. The van der Waals surface area contributed by atoms with Gasteiger partial charge in [-0.3, -0.25) is 0 Å². The van der Waals surface area contributed by atoms with Crippen molar-refractivity contribution < 1.29 is 4.74 Å². The van der Waals surface area contributed by atoms with E-state index in [-0.39, 0.29) is 0 Å². The van der Waals surface area contributed by atoms with Crippen molar-refractivity contribution in [3.05, 3.63) is 29.8 Å². The highest BCUT2D eigenvalue weighted by molar-refractivity contribution is 9.09. The minimum atomic E-state index is 0.443. The van der Waals surface area contributed by atoms with Gasteiger partial charge < -0.3 is 4.74 Å². The van der Waals surface area contributed by atoms with Gasteiger partial charge in [0.1, 0.15) is 5.75 Å². The number of ether oxygens (including phenoxy) is 1. The van der Waals surface area contributed by atoms with Crippen molar-refractivity contribution in [1.82, 2.24) is 0 Å². The first-order chi connectivity index (χ1) is 7.19. The highest BCUT2D eigenvalue weighted by atomic mass is 79.9. The summed E-state index contributed by atoms with van der Waals surface area (Å²) < 4.78 is 5.41. The topological polar surface area (TPSA) is 9.23 Å². The maximum Gasteiger partial charge on any atom is 0.119 e. The number of hydrogen-bond donors (Lipinski definition) is 0. The molecule has 84 valence electrons. The molecule has 0 heterocycles. The molecule has 0 bridgehead atoms. The van der Waals surface area contributed by atoms with Gasteiger partial charge in [0.05, 0.1) is 6.61 Å². The standard InChI is InChI=1S/C13H19BrO/c1-4-10(3)13(14)11-6-8-12(9-7-11)15-5-2/h6-10,13H,4-5H2,1-3H3. The summed E-state index contributed by atoms with van der Waals surface area (Å²) in [6, 6.07) is 8.35. The van der Waals surface area contributed by atoms with E-state index < -0.39 is 0 Å². The van der Waals surface area contributed by atoms with Gasteiger partial charge in [0, 0.05) is 4.83 Å². The summed E-state index contributed by atoms with van der Waals surface area (Å²) >= 11 is 3.73. The van der Waals surface area contributed by atoms with E-state index in [0.29, 0.717) is 10.7 Å². The predicted molar refractivity (Wildman–Crippen MR) is 68.7 cm³/mol. The van der Waals surface area contributed by atoms with Crippen LogP contribution in [0.5, 0.6) is 5.75 Å². The van der Waals surface area contributed by atoms with Crippen molar-refractivity contribution in [1.29, 1.82) is 0 Å². The smallest absolute Gasteiger partial charge is 0.119 e. The molecular weight excluding hydrogens is 252 g/mol. The molecule has 1 nitrogen and oxygen atoms in total. The van der Waals surface area contributed by atoms with Crippen LogP contribution in [0.2, 0.25) is 0 Å². The summed E-state index contributed by atoms with van der Waals surface area (Å²) in [5, 5.41) is 0. The van der Waals surface area contributed by atoms with Gasteiger partial charge in [-0.1, -0.05) is 48.3 Å². The highest BCUT2D eigenvalue weighted by Gasteiger charge is 2.13. The average molecular weight is 271 g/mol. The van der Waals surface area contributed by atoms with Gasteiger partial charge in [-0.15, -0.1) is 0 Å². The Morgan fingerprint density at radius 1 is 1.20 bits per heavy atom. The number of hydrogen-bond acceptors (Lipinski definition) is 1. The Balaban J connectivity index is 2.70. The van der Waals surface area contributed by atoms with Gasteiger partial charge in [-0.2, -0.15) is 0 Å². The summed E-state index contributed by atoms with van der Waals surface area (Å²) in [5.74, 6) is 1.60. The second kappa shape index (κ2) is 6.16. The molecule has 0 radical (unpaired) electrons. The number of alkyl halides is 1. The van der Waals surface area contributed by atoms with Crippen LogP contribution in [0.15, 0.2) is 24.3 Å². The first-order valence-electron chi connectivity index (χ1n) is 5.55. The molecule has 0 spiro atoms. The third-order valence-corrected chi connectivity index (χ3v) is 4.08. The Bertz CT molecular complexity index is 281. The Morgan fingerprint density at radius 3 is 2.27 bits per heavy atom. The number of halogens is 1. The summed E-state index contributed by atoms with van der Waals surface area (Å²) in [6.07, 6.45) is 1.18. The molecule has 0 aromatic heterocycles. The fourth-order valence-electron chi connectivity index (χ4n) is 1.45. The average Bonchev–Trinajstić information content (AvgIpc) is 2.28. The normalized spacial score (nSPS) is 14.7. The lowest BCUT2D eigenvalue weighted by atomic mass is 9.99. The zero-order valence-electron chi connectivity index (χ0n) is 9.66. The molecule has 15 heavy (non-hydrogen) atoms. The maximum atomic E-state index is 5.41. The van der Waals surface area contributed by atoms with E-state index in [1.165, 1.54) is 12.0 Å². The first kappa shape index (κ1) is 12.6. The van der Waals surface area contributed by atoms with E-state index >= 15 is 0 Å². The van der Waals surface area contributed by atoms with E-state index in [1.54, 1.807) is 0 Å². The van der Waals surface area contributed by atoms with Gasteiger partial charge >= 0.3 is 0 Å². The van der Waals surface area contributed by atoms with Crippen molar-refractivity contribution in [2.75, 3.05) is 6.61 Å². The van der Waals surface area contributed by atoms with Crippen molar-refractivity contribution in [3.8, 4) is 5.75 Å². The zero-order valence-corrected chi connectivity index (χ0v) is 11.3. The molecule has 0 saturated heterocycles. The van der Waals surface area contributed by atoms with E-state index in [1.807, 2.05) is 19.1 Å². The minimum Gasteiger partial charge on any atom is -0.494 e. The molecule has 2 atom stereocenters. The molecule has 1 aromatic carbocycles. The van der Waals surface area contributed by atoms with Crippen molar-refractivity contribution in [2.45, 2.75) is 32.0 Å². The fourth-order valence-corrected chi connectivity index (χ4v) is 2.13. The van der Waals surface area contributed by atoms with Gasteiger partial charge in [-0.05, 0) is 30.5 Å². The van der Waals surface area contributed by atoms with Crippen LogP contribution in [0.25, 0.3) is 0 Å². The lowest BCUT2D eigenvalue weighted by Crippen LogP contribution is -2.02. The Kier molecular flexibility index (Phi) is 5.16. The molecule has 2 heteroatoms. The molecule has 0 N–H and O–H groups in total. The first-order valence-corrected chi connectivity index (χ1v) is 6.47. The van der Waals surface area contributed by atoms with Crippen LogP contribution in [0, 0.1) is 5.92 Å². The highest BCUT2D eigenvalue weighted by Crippen LogP contribution is 2.33. The second-order valence-electron chi connectivity index (χ2n) is 3.79. The van der Waals surface area contributed by atoms with Crippen LogP contribution in [-0.2, 0) is 0 Å². The van der Waals surface area contributed by atoms with Gasteiger partial charge in [0.25, 0.3) is 0 Å². The van der Waals surface area contributed by atoms with Crippen molar-refractivity contribution >= 4 is 15.9 Å². The summed E-state index contributed by atoms with van der Waals surface area (Å²) in [7, 11) is 0. The molecule has 1 rings (SSSR count). The monoisotopic (exact) mass is 270 g/mol. The van der Waals surface area contributed by atoms with E-state index in [0.717, 1.165) is 12.4 Å². The van der Waals surface area contributed by atoms with Crippen LogP contribution in [0.3, 0.4) is 0 Å². The Hall–Kier alpha value is -0.500. The molecule has 0 aliphatic heterocycles. The van der Waals surface area contributed by atoms with Crippen LogP contribution in [-0.4, -0.2) is 6.61 Å². The SMILES string of the molecule is CCOc1ccc(C(Br)C(C)CC)cc1. The summed E-state index contributed by atoms with van der Waals surface area (Å²) in [5.41, 5.74) is 1.33. The molecule has 2 unspecified atom stereocenters. The van der Waals surface area contributed by atoms with Crippen molar-refractivity contribution in [2.24, 2.45) is 5.92 Å². The largest absolute Gasteiger partial charge is 0.494 e. The quantitative estimate of drug-likeness (QED) is 0.713. The Labute approximate surface area is 101 Å². The molecule has 0 saturated carbocycles. The van der Waals surface area contributed by atoms with E-state index in [2.05, 4.69) is 41.9 Å². The summed E-state index contributed by atoms with van der Waals surface area (Å²) in [4.78, 5) is 0.443. The van der Waals surface area contributed by atoms with Gasteiger partial charge in [-0.25, -0.2) is 0 Å². The fraction of sp³-hybridized carbons (Fsp3) is 0.538. The zero-order chi connectivity index (χ0) is 11.3. The molecule has 0 amide bonds. The van der Waals surface area contributed by atoms with Gasteiger partial charge in [0.2, 0.25) is 0 Å². The van der Waals surface area contributed by atoms with E-state index in [4.69, 9.17) is 4.74 Å². The molecule has 0 aliphatic rings. The third kappa shape index (κ3) is 3.53. The maximum absolute atomic E-state index is 5.41. The number of rotatable bonds is 5. The second-order valence-corrected chi connectivity index (χ2v) is 4.78. The molecule has 1 aromatic rings. The predicted octanol–water partition coefficient (Wildman–Crippen LogP) is 4.57. The molecule has 0 fully saturated rings. The Morgan fingerprint density at radius 2 is 1.80 bits per heavy atom. The minimum absolute atomic E-state index is 0.443. The molecular formula is C13H19BrO. The van der Waals surface area contributed by atoms with Gasteiger partial charge in [0.15, 0.2) is 0 Å². The van der Waals surface area contributed by atoms with E-state index in [9.17, 15) is 0 Å². The lowest BCUT2D eigenvalue weighted by molar-refractivity contribution is 0.340. The van der Waals surface area contributed by atoms with Crippen LogP contribution in [0.4, 0.5) is 0 Å². The van der Waals surface area contributed by atoms with Crippen LogP contribution in [0.1, 0.15) is 37.6 Å². The number of benzene rings is 1.